The molecule has 2 rings (SSSR count). The lowest BCUT2D eigenvalue weighted by Gasteiger charge is -2.14. The molecule has 2 heterocycles. The first-order valence-corrected chi connectivity index (χ1v) is 4.54. The monoisotopic (exact) mass is 198 g/mol. The quantitative estimate of drug-likeness (QED) is 0.767. The van der Waals surface area contributed by atoms with Crippen LogP contribution in [0.5, 0.6) is 0 Å². The number of rotatable bonds is 2. The molecule has 68 valence electrons. The Kier molecular flexibility index (Phi) is 1.97. The van der Waals surface area contributed by atoms with Crippen LogP contribution in [0.25, 0.3) is 0 Å². The van der Waals surface area contributed by atoms with Gasteiger partial charge in [-0.05, 0) is 0 Å². The summed E-state index contributed by atoms with van der Waals surface area (Å²) in [6, 6.07) is 0. The highest BCUT2D eigenvalue weighted by Crippen LogP contribution is 2.27. The maximum Gasteiger partial charge on any atom is 0.353 e. The van der Waals surface area contributed by atoms with Gasteiger partial charge in [-0.15, -0.1) is 11.8 Å². The molecule has 1 aromatic heterocycles. The molecule has 0 saturated carbocycles. The highest BCUT2D eigenvalue weighted by atomic mass is 32.2. The van der Waals surface area contributed by atoms with E-state index in [2.05, 4.69) is 4.98 Å². The molecule has 0 aromatic carbocycles. The SMILES string of the molecule is O=C(O)C1=CSCN1c1cocn1. The van der Waals surface area contributed by atoms with E-state index in [1.807, 2.05) is 0 Å². The summed E-state index contributed by atoms with van der Waals surface area (Å²) in [7, 11) is 0. The van der Waals surface area contributed by atoms with Crippen LogP contribution in [0.3, 0.4) is 0 Å². The number of hydrogen-bond acceptors (Lipinski definition) is 5. The Morgan fingerprint density at radius 2 is 2.62 bits per heavy atom. The van der Waals surface area contributed by atoms with Gasteiger partial charge in [0.25, 0.3) is 0 Å². The van der Waals surface area contributed by atoms with Crippen molar-refractivity contribution in [2.24, 2.45) is 0 Å². The average molecular weight is 198 g/mol. The number of aliphatic carboxylic acids is 1. The summed E-state index contributed by atoms with van der Waals surface area (Å²) in [5.41, 5.74) is 0.235. The summed E-state index contributed by atoms with van der Waals surface area (Å²) in [5.74, 6) is 0.139. The van der Waals surface area contributed by atoms with Crippen molar-refractivity contribution in [1.82, 2.24) is 4.98 Å². The van der Waals surface area contributed by atoms with E-state index in [9.17, 15) is 4.79 Å². The van der Waals surface area contributed by atoms with Gasteiger partial charge in [0.05, 0.1) is 5.88 Å². The zero-order valence-corrected chi connectivity index (χ0v) is 7.32. The van der Waals surface area contributed by atoms with Crippen LogP contribution >= 0.6 is 11.8 Å². The van der Waals surface area contributed by atoms with Crippen LogP contribution in [0.1, 0.15) is 0 Å². The fourth-order valence-electron chi connectivity index (χ4n) is 1.02. The van der Waals surface area contributed by atoms with Gasteiger partial charge in [0, 0.05) is 5.41 Å². The molecule has 1 aromatic rings. The Balaban J connectivity index is 2.27. The summed E-state index contributed by atoms with van der Waals surface area (Å²) in [6.07, 6.45) is 2.69. The van der Waals surface area contributed by atoms with Gasteiger partial charge in [-0.3, -0.25) is 0 Å². The standard InChI is InChI=1S/C7H6N2O3S/c10-7(11)5-2-13-4-9(5)6-1-12-3-8-6/h1-3H,4H2,(H,10,11). The second-order valence-electron chi connectivity index (χ2n) is 2.38. The number of carbonyl (C=O) groups is 1. The van der Waals surface area contributed by atoms with Gasteiger partial charge in [0.2, 0.25) is 0 Å². The maximum absolute atomic E-state index is 10.7. The fourth-order valence-corrected chi connectivity index (χ4v) is 1.90. The number of thioether (sulfide) groups is 1. The maximum atomic E-state index is 10.7. The highest BCUT2D eigenvalue weighted by Gasteiger charge is 2.24. The number of aromatic nitrogens is 1. The average Bonchev–Trinajstić information content (AvgIpc) is 2.74. The van der Waals surface area contributed by atoms with Crippen molar-refractivity contribution in [3.8, 4) is 0 Å². The zero-order valence-electron chi connectivity index (χ0n) is 6.51. The highest BCUT2D eigenvalue weighted by molar-refractivity contribution is 8.02. The summed E-state index contributed by atoms with van der Waals surface area (Å²) < 4.78 is 4.77. The van der Waals surface area contributed by atoms with Gasteiger partial charge < -0.3 is 14.4 Å². The molecule has 6 heteroatoms. The van der Waals surface area contributed by atoms with Crippen LogP contribution < -0.4 is 4.90 Å². The Morgan fingerprint density at radius 1 is 1.77 bits per heavy atom. The van der Waals surface area contributed by atoms with Gasteiger partial charge in [0.1, 0.15) is 12.0 Å². The molecule has 0 radical (unpaired) electrons. The van der Waals surface area contributed by atoms with Gasteiger partial charge in [-0.1, -0.05) is 0 Å². The molecule has 0 saturated heterocycles. The predicted molar refractivity (Wildman–Crippen MR) is 47.2 cm³/mol. The number of carboxylic acid groups (broad SMARTS) is 1. The third-order valence-electron chi connectivity index (χ3n) is 1.60. The molecular formula is C7H6N2O3S. The van der Waals surface area contributed by atoms with Crippen molar-refractivity contribution in [3.63, 3.8) is 0 Å². The number of oxazole rings is 1. The Hall–Kier alpha value is -1.43. The zero-order chi connectivity index (χ0) is 9.26. The van der Waals surface area contributed by atoms with E-state index in [4.69, 9.17) is 9.52 Å². The van der Waals surface area contributed by atoms with E-state index in [0.717, 1.165) is 0 Å². The van der Waals surface area contributed by atoms with Crippen LogP contribution in [0.4, 0.5) is 5.82 Å². The first kappa shape index (κ1) is 8.18. The topological polar surface area (TPSA) is 66.6 Å². The number of anilines is 1. The lowest BCUT2D eigenvalue weighted by molar-refractivity contribution is -0.132. The third-order valence-corrected chi connectivity index (χ3v) is 2.40. The van der Waals surface area contributed by atoms with E-state index < -0.39 is 5.97 Å². The Morgan fingerprint density at radius 3 is 3.23 bits per heavy atom. The second-order valence-corrected chi connectivity index (χ2v) is 3.21. The fraction of sp³-hybridized carbons (Fsp3) is 0.143. The lowest BCUT2D eigenvalue weighted by atomic mass is 10.4. The summed E-state index contributed by atoms with van der Waals surface area (Å²) in [4.78, 5) is 16.2. The van der Waals surface area contributed by atoms with Crippen molar-refractivity contribution in [2.45, 2.75) is 0 Å². The van der Waals surface area contributed by atoms with Crippen LogP contribution in [-0.2, 0) is 4.79 Å². The molecule has 0 bridgehead atoms. The number of hydrogen-bond donors (Lipinski definition) is 1. The molecule has 1 aliphatic rings. The molecule has 0 unspecified atom stereocenters. The van der Waals surface area contributed by atoms with E-state index >= 15 is 0 Å². The summed E-state index contributed by atoms with van der Waals surface area (Å²) in [6.45, 7) is 0. The van der Waals surface area contributed by atoms with Crippen molar-refractivity contribution in [2.75, 3.05) is 10.8 Å². The lowest BCUT2D eigenvalue weighted by Crippen LogP contribution is -2.23. The van der Waals surface area contributed by atoms with E-state index in [0.29, 0.717) is 11.7 Å². The second kappa shape index (κ2) is 3.14. The van der Waals surface area contributed by atoms with Crippen LogP contribution in [-0.4, -0.2) is 21.9 Å². The van der Waals surface area contributed by atoms with Crippen LogP contribution in [0, 0.1) is 0 Å². The van der Waals surface area contributed by atoms with E-state index in [1.165, 1.54) is 24.4 Å². The summed E-state index contributed by atoms with van der Waals surface area (Å²) >= 11 is 1.42. The Bertz CT molecular complexity index is 347. The van der Waals surface area contributed by atoms with Crippen LogP contribution in [0.15, 0.2) is 28.2 Å². The molecule has 0 aliphatic carbocycles. The minimum atomic E-state index is -0.951. The van der Waals surface area contributed by atoms with Crippen molar-refractivity contribution >= 4 is 23.5 Å². The molecule has 13 heavy (non-hydrogen) atoms. The van der Waals surface area contributed by atoms with Gasteiger partial charge in [0.15, 0.2) is 12.2 Å². The van der Waals surface area contributed by atoms with Gasteiger partial charge in [-0.2, -0.15) is 4.98 Å². The Labute approximate surface area is 78.0 Å². The number of nitrogens with zero attached hydrogens (tertiary/aromatic N) is 2. The molecule has 0 amide bonds. The smallest absolute Gasteiger partial charge is 0.353 e. The van der Waals surface area contributed by atoms with Crippen molar-refractivity contribution in [3.05, 3.63) is 23.8 Å². The largest absolute Gasteiger partial charge is 0.477 e. The number of carboxylic acids is 1. The molecule has 1 N–H and O–H groups in total. The molecule has 5 nitrogen and oxygen atoms in total. The molecule has 1 aliphatic heterocycles. The van der Waals surface area contributed by atoms with Gasteiger partial charge >= 0.3 is 5.97 Å². The third kappa shape index (κ3) is 1.40. The van der Waals surface area contributed by atoms with Gasteiger partial charge in [-0.25, -0.2) is 4.79 Å². The summed E-state index contributed by atoms with van der Waals surface area (Å²) in [5, 5.41) is 10.4. The van der Waals surface area contributed by atoms with E-state index in [1.54, 1.807) is 10.3 Å². The first-order valence-electron chi connectivity index (χ1n) is 3.50. The first-order chi connectivity index (χ1) is 6.29. The van der Waals surface area contributed by atoms with Crippen molar-refractivity contribution < 1.29 is 14.3 Å². The normalized spacial score (nSPS) is 16.0. The molecule has 0 atom stereocenters. The minimum Gasteiger partial charge on any atom is -0.477 e. The molecule has 0 spiro atoms. The minimum absolute atomic E-state index is 0.235. The van der Waals surface area contributed by atoms with E-state index in [-0.39, 0.29) is 5.70 Å². The predicted octanol–water partition coefficient (Wildman–Crippen LogP) is 1.11. The molecular weight excluding hydrogens is 192 g/mol. The van der Waals surface area contributed by atoms with Crippen LogP contribution in [0.2, 0.25) is 0 Å². The van der Waals surface area contributed by atoms with Crippen molar-refractivity contribution in [1.29, 1.82) is 0 Å². The molecule has 0 fully saturated rings.